The fraction of sp³-hybridized carbons (Fsp3) is 0.462. The number of carbonyl (C=O) groups excluding carboxylic acids is 2. The molecule has 2 aliphatic rings. The fourth-order valence-electron chi connectivity index (χ4n) is 4.40. The normalized spacial score (nSPS) is 16.4. The van der Waals surface area contributed by atoms with Gasteiger partial charge >= 0.3 is 12.1 Å². The lowest BCUT2D eigenvalue weighted by atomic mass is 9.95. The molecule has 0 bridgehead atoms. The van der Waals surface area contributed by atoms with Crippen LogP contribution >= 0.6 is 0 Å². The number of aliphatic carboxylic acids is 1. The van der Waals surface area contributed by atoms with Crippen molar-refractivity contribution in [3.8, 4) is 0 Å². The van der Waals surface area contributed by atoms with Crippen LogP contribution in [-0.2, 0) is 20.9 Å². The van der Waals surface area contributed by atoms with E-state index in [0.29, 0.717) is 54.8 Å². The molecule has 1 aromatic carbocycles. The molecule has 1 aromatic heterocycles. The number of nitrogens with two attached hydrogens (primary N) is 1. The molecule has 1 fully saturated rings. The highest BCUT2D eigenvalue weighted by Gasteiger charge is 2.29. The van der Waals surface area contributed by atoms with Crippen molar-refractivity contribution < 1.29 is 24.2 Å². The number of ether oxygens (including phenoxy) is 1. The number of hydrogen-bond acceptors (Lipinski definition) is 10. The molecule has 39 heavy (non-hydrogen) atoms. The molecule has 0 spiro atoms. The van der Waals surface area contributed by atoms with E-state index >= 15 is 0 Å². The van der Waals surface area contributed by atoms with Crippen molar-refractivity contribution in [1.82, 2.24) is 25.9 Å². The second kappa shape index (κ2) is 12.9. The van der Waals surface area contributed by atoms with Gasteiger partial charge in [-0.15, -0.1) is 0 Å². The van der Waals surface area contributed by atoms with Crippen LogP contribution in [0.25, 0.3) is 0 Å². The second-order valence-corrected chi connectivity index (χ2v) is 9.48. The Morgan fingerprint density at radius 1 is 1.21 bits per heavy atom. The quantitative estimate of drug-likeness (QED) is 0.306. The van der Waals surface area contributed by atoms with E-state index < -0.39 is 18.1 Å². The summed E-state index contributed by atoms with van der Waals surface area (Å²) >= 11 is 0. The lowest BCUT2D eigenvalue weighted by Crippen LogP contribution is -2.50. The number of nitrogens with one attached hydrogen (secondary N) is 3. The molecule has 13 heteroatoms. The number of aryl methyl sites for hydroxylation is 1. The molecule has 2 aliphatic heterocycles. The van der Waals surface area contributed by atoms with Crippen LogP contribution in [0.4, 0.5) is 16.3 Å². The molecule has 2 aromatic rings. The average Bonchev–Trinajstić information content (AvgIpc) is 2.96. The molecule has 208 valence electrons. The number of rotatable bonds is 9. The Kier molecular flexibility index (Phi) is 9.13. The van der Waals surface area contributed by atoms with E-state index in [9.17, 15) is 19.5 Å². The number of benzene rings is 1. The number of amides is 2. The van der Waals surface area contributed by atoms with Crippen molar-refractivity contribution >= 4 is 35.3 Å². The largest absolute Gasteiger partial charge is 0.480 e. The number of carboxylic acids is 1. The van der Waals surface area contributed by atoms with Crippen LogP contribution in [-0.4, -0.2) is 77.6 Å². The first-order valence-electron chi connectivity index (χ1n) is 13.0. The van der Waals surface area contributed by atoms with Gasteiger partial charge in [-0.3, -0.25) is 9.79 Å². The SMILES string of the molecule is Cc1nc(C2=NCCCN2)nc(N2CCC(C(=O)NC[C@H](NC(=O)OCc3ccccc3)C(=O)O)CC2)c1N. The van der Waals surface area contributed by atoms with Gasteiger partial charge < -0.3 is 36.4 Å². The molecule has 0 saturated carbocycles. The maximum atomic E-state index is 12.8. The highest BCUT2D eigenvalue weighted by atomic mass is 16.5. The summed E-state index contributed by atoms with van der Waals surface area (Å²) in [5.41, 5.74) is 8.23. The van der Waals surface area contributed by atoms with E-state index in [2.05, 4.69) is 30.9 Å². The van der Waals surface area contributed by atoms with Gasteiger partial charge in [0, 0.05) is 38.6 Å². The van der Waals surface area contributed by atoms with Gasteiger partial charge in [0.15, 0.2) is 17.5 Å². The number of amidine groups is 1. The Balaban J connectivity index is 1.28. The molecule has 6 N–H and O–H groups in total. The number of carbonyl (C=O) groups is 3. The first kappa shape index (κ1) is 27.6. The number of nitrogen functional groups attached to an aromatic ring is 1. The smallest absolute Gasteiger partial charge is 0.408 e. The fourth-order valence-corrected chi connectivity index (χ4v) is 4.40. The van der Waals surface area contributed by atoms with Crippen LogP contribution in [0.2, 0.25) is 0 Å². The average molecular weight is 539 g/mol. The zero-order chi connectivity index (χ0) is 27.8. The molecule has 0 aliphatic carbocycles. The molecule has 1 atom stereocenters. The number of hydrogen-bond donors (Lipinski definition) is 5. The molecule has 3 heterocycles. The van der Waals surface area contributed by atoms with Crippen LogP contribution in [0.5, 0.6) is 0 Å². The van der Waals surface area contributed by atoms with Crippen LogP contribution in [0.3, 0.4) is 0 Å². The van der Waals surface area contributed by atoms with E-state index in [-0.39, 0.29) is 25.0 Å². The van der Waals surface area contributed by atoms with E-state index in [4.69, 9.17) is 10.5 Å². The van der Waals surface area contributed by atoms with Crippen molar-refractivity contribution in [3.63, 3.8) is 0 Å². The van der Waals surface area contributed by atoms with Crippen LogP contribution < -0.4 is 26.6 Å². The molecular weight excluding hydrogens is 504 g/mol. The van der Waals surface area contributed by atoms with Crippen LogP contribution in [0, 0.1) is 12.8 Å². The molecule has 0 unspecified atom stereocenters. The van der Waals surface area contributed by atoms with Crippen LogP contribution in [0.15, 0.2) is 35.3 Å². The van der Waals surface area contributed by atoms with Gasteiger partial charge in [0.1, 0.15) is 12.6 Å². The van der Waals surface area contributed by atoms with Gasteiger partial charge in [-0.25, -0.2) is 19.6 Å². The maximum absolute atomic E-state index is 12.8. The third kappa shape index (κ3) is 7.33. The summed E-state index contributed by atoms with van der Waals surface area (Å²) in [7, 11) is 0. The summed E-state index contributed by atoms with van der Waals surface area (Å²) < 4.78 is 5.09. The number of piperidine rings is 1. The summed E-state index contributed by atoms with van der Waals surface area (Å²) in [6, 6.07) is 7.70. The summed E-state index contributed by atoms with van der Waals surface area (Å²) in [6.45, 7) is 4.21. The van der Waals surface area contributed by atoms with Crippen LogP contribution in [0.1, 0.15) is 36.3 Å². The molecule has 1 saturated heterocycles. The van der Waals surface area contributed by atoms with Crippen molar-refractivity contribution in [3.05, 3.63) is 47.4 Å². The highest BCUT2D eigenvalue weighted by molar-refractivity contribution is 5.96. The monoisotopic (exact) mass is 538 g/mol. The lowest BCUT2D eigenvalue weighted by molar-refractivity contribution is -0.139. The number of carboxylic acid groups (broad SMARTS) is 1. The second-order valence-electron chi connectivity index (χ2n) is 9.48. The lowest BCUT2D eigenvalue weighted by Gasteiger charge is -2.33. The third-order valence-electron chi connectivity index (χ3n) is 6.67. The molecular formula is C26H34N8O5. The number of anilines is 2. The Morgan fingerprint density at radius 2 is 1.95 bits per heavy atom. The maximum Gasteiger partial charge on any atom is 0.408 e. The highest BCUT2D eigenvalue weighted by Crippen LogP contribution is 2.28. The standard InChI is InChI=1S/C26H34N8O5/c1-16-20(27)23(33-22(31-16)21-28-10-5-11-29-21)34-12-8-18(9-13-34)24(35)30-14-19(25(36)37)32-26(38)39-15-17-6-3-2-4-7-17/h2-4,6-7,18-19H,5,8-15,27H2,1H3,(H,28,29)(H,30,35)(H,32,38)(H,36,37)/t19-/m0/s1. The van der Waals surface area contributed by atoms with Crippen molar-refractivity contribution in [2.75, 3.05) is 43.4 Å². The minimum absolute atomic E-state index is 0.00638. The minimum Gasteiger partial charge on any atom is -0.480 e. The first-order chi connectivity index (χ1) is 18.8. The van der Waals surface area contributed by atoms with E-state index in [1.165, 1.54) is 0 Å². The predicted octanol–water partition coefficient (Wildman–Crippen LogP) is 0.819. The van der Waals surface area contributed by atoms with E-state index in [0.717, 1.165) is 25.1 Å². The summed E-state index contributed by atoms with van der Waals surface area (Å²) in [4.78, 5) is 52.2. The van der Waals surface area contributed by atoms with Gasteiger partial charge in [-0.1, -0.05) is 30.3 Å². The topological polar surface area (TPSA) is 184 Å². The van der Waals surface area contributed by atoms with Crippen molar-refractivity contribution in [2.24, 2.45) is 10.9 Å². The van der Waals surface area contributed by atoms with E-state index in [1.807, 2.05) is 30.0 Å². The van der Waals surface area contributed by atoms with Gasteiger partial charge in [0.05, 0.1) is 11.4 Å². The Bertz CT molecular complexity index is 1210. The third-order valence-corrected chi connectivity index (χ3v) is 6.67. The number of aliphatic imine (C=N–C) groups is 1. The Labute approximate surface area is 226 Å². The zero-order valence-electron chi connectivity index (χ0n) is 21.9. The molecule has 0 radical (unpaired) electrons. The summed E-state index contributed by atoms with van der Waals surface area (Å²) in [6.07, 6.45) is 1.15. The molecule has 2 amide bonds. The summed E-state index contributed by atoms with van der Waals surface area (Å²) in [5, 5.41) is 17.7. The first-order valence-corrected chi connectivity index (χ1v) is 13.0. The zero-order valence-corrected chi connectivity index (χ0v) is 21.9. The number of alkyl carbamates (subject to hydrolysis) is 1. The number of aromatic nitrogens is 2. The predicted molar refractivity (Wildman–Crippen MR) is 144 cm³/mol. The van der Waals surface area contributed by atoms with Crippen molar-refractivity contribution in [1.29, 1.82) is 0 Å². The van der Waals surface area contributed by atoms with Gasteiger partial charge in [0.25, 0.3) is 0 Å². The van der Waals surface area contributed by atoms with Gasteiger partial charge in [0.2, 0.25) is 5.91 Å². The number of nitrogens with zero attached hydrogens (tertiary/aromatic N) is 4. The van der Waals surface area contributed by atoms with E-state index in [1.54, 1.807) is 12.1 Å². The Hall–Kier alpha value is -4.42. The molecule has 4 rings (SSSR count). The minimum atomic E-state index is -1.32. The molecule has 13 nitrogen and oxygen atoms in total. The van der Waals surface area contributed by atoms with Gasteiger partial charge in [-0.05, 0) is 31.7 Å². The van der Waals surface area contributed by atoms with Gasteiger partial charge in [-0.2, -0.15) is 0 Å². The summed E-state index contributed by atoms with van der Waals surface area (Å²) in [5.74, 6) is -0.0709. The van der Waals surface area contributed by atoms with Crippen molar-refractivity contribution in [2.45, 2.75) is 38.8 Å². The Morgan fingerprint density at radius 3 is 2.62 bits per heavy atom.